The van der Waals surface area contributed by atoms with Gasteiger partial charge < -0.3 is 10.6 Å². The van der Waals surface area contributed by atoms with E-state index in [1.54, 1.807) is 30.3 Å². The van der Waals surface area contributed by atoms with Gasteiger partial charge in [-0.3, -0.25) is 9.59 Å². The molecule has 2 amide bonds. The topological polar surface area (TPSA) is 82.0 Å². The molecular weight excluding hydrogens is 346 g/mol. The first-order chi connectivity index (χ1) is 10.5. The van der Waals surface area contributed by atoms with Gasteiger partial charge in [0.15, 0.2) is 0 Å². The number of carbonyl (C=O) groups excluding carboxylic acids is 2. The highest BCUT2D eigenvalue weighted by molar-refractivity contribution is 9.10. The third kappa shape index (κ3) is 3.93. The molecule has 110 valence electrons. The molecule has 2 N–H and O–H groups in total. The van der Waals surface area contributed by atoms with Crippen LogP contribution < -0.4 is 10.6 Å². The van der Waals surface area contributed by atoms with E-state index in [2.05, 4.69) is 26.6 Å². The van der Waals surface area contributed by atoms with Gasteiger partial charge in [0, 0.05) is 10.2 Å². The summed E-state index contributed by atoms with van der Waals surface area (Å²) in [4.78, 5) is 23.7. The van der Waals surface area contributed by atoms with E-state index in [-0.39, 0.29) is 0 Å². The summed E-state index contributed by atoms with van der Waals surface area (Å²) >= 11 is 3.33. The second-order valence-electron chi connectivity index (χ2n) is 4.58. The Labute approximate surface area is 136 Å². The summed E-state index contributed by atoms with van der Waals surface area (Å²) in [6.45, 7) is 1.92. The molecule has 2 aromatic carbocycles. The number of benzene rings is 2. The number of nitriles is 1. The van der Waals surface area contributed by atoms with Gasteiger partial charge in [-0.05, 0) is 64.8 Å². The summed E-state index contributed by atoms with van der Waals surface area (Å²) in [5.74, 6) is -1.55. The zero-order valence-corrected chi connectivity index (χ0v) is 13.3. The molecule has 0 radical (unpaired) electrons. The largest absolute Gasteiger partial charge is 0.318 e. The maximum atomic E-state index is 11.9. The van der Waals surface area contributed by atoms with Gasteiger partial charge in [-0.1, -0.05) is 6.07 Å². The summed E-state index contributed by atoms with van der Waals surface area (Å²) in [5.41, 5.74) is 2.48. The van der Waals surface area contributed by atoms with Crippen molar-refractivity contribution in [1.29, 1.82) is 5.26 Å². The van der Waals surface area contributed by atoms with Crippen molar-refractivity contribution >= 4 is 39.1 Å². The third-order valence-electron chi connectivity index (χ3n) is 2.85. The number of nitrogens with one attached hydrogen (secondary N) is 2. The first-order valence-corrected chi connectivity index (χ1v) is 7.17. The molecule has 5 nitrogen and oxygen atoms in total. The minimum atomic E-state index is -0.780. The highest BCUT2D eigenvalue weighted by Gasteiger charge is 2.15. The average Bonchev–Trinajstić information content (AvgIpc) is 2.50. The predicted octanol–water partition coefficient (Wildman–Crippen LogP) is 3.21. The monoisotopic (exact) mass is 357 g/mol. The van der Waals surface area contributed by atoms with Crippen molar-refractivity contribution in [2.24, 2.45) is 0 Å². The SMILES string of the molecule is Cc1ccc(NC(=O)C(=O)Nc2ccc(C#N)cc2)c(Br)c1. The minimum Gasteiger partial charge on any atom is -0.318 e. The summed E-state index contributed by atoms with van der Waals surface area (Å²) in [7, 11) is 0. The average molecular weight is 358 g/mol. The van der Waals surface area contributed by atoms with Gasteiger partial charge in [-0.2, -0.15) is 5.26 Å². The van der Waals surface area contributed by atoms with E-state index in [0.717, 1.165) is 5.56 Å². The molecule has 0 spiro atoms. The van der Waals surface area contributed by atoms with Gasteiger partial charge in [0.2, 0.25) is 0 Å². The van der Waals surface area contributed by atoms with Crippen molar-refractivity contribution in [1.82, 2.24) is 0 Å². The van der Waals surface area contributed by atoms with E-state index in [9.17, 15) is 9.59 Å². The van der Waals surface area contributed by atoms with Crippen LogP contribution in [0, 0.1) is 18.3 Å². The quantitative estimate of drug-likeness (QED) is 0.809. The Bertz CT molecular complexity index is 764. The molecule has 0 unspecified atom stereocenters. The maximum absolute atomic E-state index is 11.9. The zero-order valence-electron chi connectivity index (χ0n) is 11.7. The standard InChI is InChI=1S/C16H12BrN3O2/c1-10-2-7-14(13(17)8-10)20-16(22)15(21)19-12-5-3-11(9-18)4-6-12/h2-8H,1H3,(H,19,21)(H,20,22). The third-order valence-corrected chi connectivity index (χ3v) is 3.51. The fourth-order valence-corrected chi connectivity index (χ4v) is 2.31. The Morgan fingerprint density at radius 2 is 1.68 bits per heavy atom. The van der Waals surface area contributed by atoms with Crippen molar-refractivity contribution in [3.8, 4) is 6.07 Å². The summed E-state index contributed by atoms with van der Waals surface area (Å²) in [5, 5.41) is 13.7. The Hall–Kier alpha value is -2.65. The fourth-order valence-electron chi connectivity index (χ4n) is 1.72. The summed E-state index contributed by atoms with van der Waals surface area (Å²) in [6, 6.07) is 13.6. The van der Waals surface area contributed by atoms with Crippen molar-refractivity contribution < 1.29 is 9.59 Å². The van der Waals surface area contributed by atoms with Crippen LogP contribution in [-0.2, 0) is 9.59 Å². The molecule has 0 saturated carbocycles. The number of aryl methyl sites for hydroxylation is 1. The van der Waals surface area contributed by atoms with Gasteiger partial charge in [0.25, 0.3) is 0 Å². The Balaban J connectivity index is 2.02. The number of nitrogens with zero attached hydrogens (tertiary/aromatic N) is 1. The molecular formula is C16H12BrN3O2. The molecule has 2 aromatic rings. The Kier molecular flexibility index (Phi) is 4.92. The molecule has 0 aliphatic rings. The molecule has 0 heterocycles. The second kappa shape index (κ2) is 6.87. The van der Waals surface area contributed by atoms with Gasteiger partial charge in [-0.25, -0.2) is 0 Å². The number of carbonyl (C=O) groups is 2. The minimum absolute atomic E-state index is 0.446. The van der Waals surface area contributed by atoms with Crippen LogP contribution in [0.2, 0.25) is 0 Å². The van der Waals surface area contributed by atoms with E-state index in [1.807, 2.05) is 25.1 Å². The van der Waals surface area contributed by atoms with E-state index in [0.29, 0.717) is 21.4 Å². The van der Waals surface area contributed by atoms with E-state index < -0.39 is 11.8 Å². The molecule has 0 saturated heterocycles. The molecule has 0 bridgehead atoms. The Morgan fingerprint density at radius 1 is 1.05 bits per heavy atom. The van der Waals surface area contributed by atoms with Crippen molar-refractivity contribution in [3.63, 3.8) is 0 Å². The smallest absolute Gasteiger partial charge is 0.314 e. The summed E-state index contributed by atoms with van der Waals surface area (Å²) in [6.07, 6.45) is 0. The number of amides is 2. The second-order valence-corrected chi connectivity index (χ2v) is 5.44. The van der Waals surface area contributed by atoms with Crippen molar-refractivity contribution in [3.05, 3.63) is 58.1 Å². The predicted molar refractivity (Wildman–Crippen MR) is 87.3 cm³/mol. The number of anilines is 2. The lowest BCUT2D eigenvalue weighted by Gasteiger charge is -2.08. The lowest BCUT2D eigenvalue weighted by Crippen LogP contribution is -2.29. The van der Waals surface area contributed by atoms with Crippen LogP contribution >= 0.6 is 15.9 Å². The molecule has 2 rings (SSSR count). The van der Waals surface area contributed by atoms with Crippen LogP contribution in [0.15, 0.2) is 46.9 Å². The van der Waals surface area contributed by atoms with Gasteiger partial charge in [0.05, 0.1) is 17.3 Å². The van der Waals surface area contributed by atoms with Crippen LogP contribution in [0.25, 0.3) is 0 Å². The lowest BCUT2D eigenvalue weighted by atomic mass is 10.2. The van der Waals surface area contributed by atoms with Crippen LogP contribution in [0.3, 0.4) is 0 Å². The van der Waals surface area contributed by atoms with Crippen LogP contribution in [0.4, 0.5) is 11.4 Å². The molecule has 0 aromatic heterocycles. The van der Waals surface area contributed by atoms with Crippen molar-refractivity contribution in [2.45, 2.75) is 6.92 Å². The number of rotatable bonds is 2. The first kappa shape index (κ1) is 15.7. The molecule has 0 fully saturated rings. The van der Waals surface area contributed by atoms with Crippen LogP contribution in [-0.4, -0.2) is 11.8 Å². The normalized spacial score (nSPS) is 9.68. The molecule has 0 atom stereocenters. The Morgan fingerprint density at radius 3 is 2.27 bits per heavy atom. The first-order valence-electron chi connectivity index (χ1n) is 6.38. The lowest BCUT2D eigenvalue weighted by molar-refractivity contribution is -0.133. The maximum Gasteiger partial charge on any atom is 0.314 e. The molecule has 6 heteroatoms. The summed E-state index contributed by atoms with van der Waals surface area (Å²) < 4.78 is 0.701. The number of hydrogen-bond acceptors (Lipinski definition) is 3. The van der Waals surface area contributed by atoms with Crippen LogP contribution in [0.5, 0.6) is 0 Å². The highest BCUT2D eigenvalue weighted by atomic mass is 79.9. The molecule has 0 aliphatic heterocycles. The number of halogens is 1. The van der Waals surface area contributed by atoms with Gasteiger partial charge in [-0.15, -0.1) is 0 Å². The van der Waals surface area contributed by atoms with E-state index in [4.69, 9.17) is 5.26 Å². The van der Waals surface area contributed by atoms with Crippen LogP contribution in [0.1, 0.15) is 11.1 Å². The van der Waals surface area contributed by atoms with E-state index >= 15 is 0 Å². The van der Waals surface area contributed by atoms with Gasteiger partial charge >= 0.3 is 11.8 Å². The molecule has 22 heavy (non-hydrogen) atoms. The highest BCUT2D eigenvalue weighted by Crippen LogP contribution is 2.23. The van der Waals surface area contributed by atoms with E-state index in [1.165, 1.54) is 0 Å². The zero-order chi connectivity index (χ0) is 16.1. The number of hydrogen-bond donors (Lipinski definition) is 2. The fraction of sp³-hybridized carbons (Fsp3) is 0.0625. The van der Waals surface area contributed by atoms with Crippen molar-refractivity contribution in [2.75, 3.05) is 10.6 Å². The van der Waals surface area contributed by atoms with Gasteiger partial charge in [0.1, 0.15) is 0 Å². The molecule has 0 aliphatic carbocycles.